The van der Waals surface area contributed by atoms with Crippen LogP contribution in [0.4, 0.5) is 5.69 Å². The third-order valence-corrected chi connectivity index (χ3v) is 3.67. The minimum atomic E-state index is -0.389. The number of rotatable bonds is 6. The van der Waals surface area contributed by atoms with Crippen LogP contribution in [-0.2, 0) is 4.79 Å². The summed E-state index contributed by atoms with van der Waals surface area (Å²) in [4.78, 5) is 12.1. The Morgan fingerprint density at radius 3 is 2.29 bits per heavy atom. The Balaban J connectivity index is 1.93. The smallest absolute Gasteiger partial charge is 0.262 e. The first-order valence-corrected chi connectivity index (χ1v) is 7.81. The molecule has 0 aromatic heterocycles. The van der Waals surface area contributed by atoms with Crippen LogP contribution in [0.2, 0.25) is 0 Å². The molecule has 0 saturated heterocycles. The topological polar surface area (TPSA) is 62.7 Å². The van der Waals surface area contributed by atoms with E-state index in [1.165, 1.54) is 5.56 Å². The van der Waals surface area contributed by atoms with Crippen LogP contribution >= 0.6 is 0 Å². The normalized spacial score (nSPS) is 12.4. The van der Waals surface area contributed by atoms with Crippen LogP contribution in [0.15, 0.2) is 53.6 Å². The number of amides is 1. The van der Waals surface area contributed by atoms with Crippen LogP contribution in [0.5, 0.6) is 5.75 Å². The second kappa shape index (κ2) is 8.15. The fourth-order valence-electron chi connectivity index (χ4n) is 2.10. The lowest BCUT2D eigenvalue weighted by molar-refractivity contribution is -0.121. The molecule has 0 fully saturated rings. The highest BCUT2D eigenvalue weighted by molar-refractivity contribution is 5.99. The van der Waals surface area contributed by atoms with Gasteiger partial charge in [0.1, 0.15) is 11.8 Å². The zero-order chi connectivity index (χ0) is 17.5. The minimum absolute atomic E-state index is 0.191. The molecule has 2 aromatic carbocycles. The summed E-state index contributed by atoms with van der Waals surface area (Å²) in [5.41, 5.74) is 6.33. The molecule has 0 aliphatic rings. The quantitative estimate of drug-likeness (QED) is 0.632. The van der Waals surface area contributed by atoms with E-state index >= 15 is 0 Å². The van der Waals surface area contributed by atoms with E-state index in [1.54, 1.807) is 14.0 Å². The zero-order valence-electron chi connectivity index (χ0n) is 14.5. The maximum atomic E-state index is 12.1. The molecule has 0 spiro atoms. The van der Waals surface area contributed by atoms with Gasteiger partial charge in [0.2, 0.25) is 0 Å². The van der Waals surface area contributed by atoms with E-state index < -0.39 is 0 Å². The van der Waals surface area contributed by atoms with Crippen molar-refractivity contribution in [2.24, 2.45) is 5.10 Å². The number of anilines is 1. The summed E-state index contributed by atoms with van der Waals surface area (Å²) in [6.45, 7) is 5.67. The van der Waals surface area contributed by atoms with E-state index in [0.29, 0.717) is 0 Å². The summed E-state index contributed by atoms with van der Waals surface area (Å²) < 4.78 is 5.12. The van der Waals surface area contributed by atoms with Gasteiger partial charge in [0, 0.05) is 5.69 Å². The van der Waals surface area contributed by atoms with Gasteiger partial charge in [0.15, 0.2) is 0 Å². The van der Waals surface area contributed by atoms with Crippen molar-refractivity contribution in [2.75, 3.05) is 12.4 Å². The predicted molar refractivity (Wildman–Crippen MR) is 97.6 cm³/mol. The van der Waals surface area contributed by atoms with E-state index in [1.807, 2.05) is 62.4 Å². The molecule has 0 bridgehead atoms. The molecule has 5 nitrogen and oxygen atoms in total. The van der Waals surface area contributed by atoms with Crippen LogP contribution < -0.4 is 15.5 Å². The average molecular weight is 325 g/mol. The Kier molecular flexibility index (Phi) is 5.95. The second-order valence-electron chi connectivity index (χ2n) is 5.63. The number of carbonyl (C=O) groups is 1. The third kappa shape index (κ3) is 4.84. The van der Waals surface area contributed by atoms with Crippen LogP contribution in [0.3, 0.4) is 0 Å². The number of ether oxygens (including phenoxy) is 1. The summed E-state index contributed by atoms with van der Waals surface area (Å²) in [7, 11) is 1.62. The summed E-state index contributed by atoms with van der Waals surface area (Å²) in [6.07, 6.45) is 0. The molecule has 2 rings (SSSR count). The number of carbonyl (C=O) groups excluding carboxylic acids is 1. The van der Waals surface area contributed by atoms with Gasteiger partial charge in [-0.2, -0.15) is 5.10 Å². The van der Waals surface area contributed by atoms with Gasteiger partial charge in [-0.15, -0.1) is 0 Å². The first kappa shape index (κ1) is 17.5. The van der Waals surface area contributed by atoms with Crippen LogP contribution in [0, 0.1) is 6.92 Å². The maximum Gasteiger partial charge on any atom is 0.262 e. The fraction of sp³-hybridized carbons (Fsp3) is 0.263. The minimum Gasteiger partial charge on any atom is -0.497 e. The highest BCUT2D eigenvalue weighted by atomic mass is 16.5. The van der Waals surface area contributed by atoms with Gasteiger partial charge in [-0.25, -0.2) is 5.43 Å². The molecule has 0 heterocycles. The molecular weight excluding hydrogens is 302 g/mol. The molecule has 24 heavy (non-hydrogen) atoms. The van der Waals surface area contributed by atoms with Crippen molar-refractivity contribution in [3.05, 3.63) is 59.7 Å². The van der Waals surface area contributed by atoms with Crippen molar-refractivity contribution >= 4 is 17.3 Å². The number of nitrogens with zero attached hydrogens (tertiary/aromatic N) is 1. The Morgan fingerprint density at radius 2 is 1.71 bits per heavy atom. The first-order chi connectivity index (χ1) is 11.5. The van der Waals surface area contributed by atoms with Gasteiger partial charge in [-0.3, -0.25) is 4.79 Å². The molecule has 0 aliphatic carbocycles. The molecule has 0 aliphatic heterocycles. The largest absolute Gasteiger partial charge is 0.497 e. The molecule has 2 N–H and O–H groups in total. The number of hydrazone groups is 1. The van der Waals surface area contributed by atoms with Crippen molar-refractivity contribution in [1.29, 1.82) is 0 Å². The molecule has 1 atom stereocenters. The molecule has 0 radical (unpaired) electrons. The SMILES string of the molecule is COc1ccc(C(C)=NNC(=O)[C@H](C)Nc2ccc(C)cc2)cc1. The van der Waals surface area contributed by atoms with Crippen molar-refractivity contribution in [3.8, 4) is 5.75 Å². The summed E-state index contributed by atoms with van der Waals surface area (Å²) >= 11 is 0. The van der Waals surface area contributed by atoms with E-state index in [4.69, 9.17) is 4.74 Å². The van der Waals surface area contributed by atoms with Gasteiger partial charge in [0.05, 0.1) is 12.8 Å². The lowest BCUT2D eigenvalue weighted by atomic mass is 10.1. The van der Waals surface area contributed by atoms with E-state index in [9.17, 15) is 4.79 Å². The van der Waals surface area contributed by atoms with Crippen LogP contribution in [0.25, 0.3) is 0 Å². The lowest BCUT2D eigenvalue weighted by Crippen LogP contribution is -2.35. The molecular formula is C19H23N3O2. The molecule has 2 aromatic rings. The van der Waals surface area contributed by atoms with Gasteiger partial charge in [0.25, 0.3) is 5.91 Å². The molecule has 0 saturated carbocycles. The number of hydrogen-bond donors (Lipinski definition) is 2. The predicted octanol–water partition coefficient (Wildman–Crippen LogP) is 3.34. The van der Waals surface area contributed by atoms with Gasteiger partial charge < -0.3 is 10.1 Å². The molecule has 5 heteroatoms. The van der Waals surface area contributed by atoms with Gasteiger partial charge >= 0.3 is 0 Å². The molecule has 126 valence electrons. The number of aryl methyl sites for hydroxylation is 1. The standard InChI is InChI=1S/C19H23N3O2/c1-13-5-9-17(10-6-13)20-15(3)19(23)22-21-14(2)16-7-11-18(24-4)12-8-16/h5-12,15,20H,1-4H3,(H,22,23)/t15-/m0/s1. The molecule has 1 amide bonds. The van der Waals surface area contributed by atoms with E-state index in [-0.39, 0.29) is 11.9 Å². The summed E-state index contributed by atoms with van der Waals surface area (Å²) in [5.74, 6) is 0.593. The van der Waals surface area contributed by atoms with E-state index in [2.05, 4.69) is 15.8 Å². The number of hydrogen-bond acceptors (Lipinski definition) is 4. The van der Waals surface area contributed by atoms with Crippen molar-refractivity contribution in [1.82, 2.24) is 5.43 Å². The number of methoxy groups -OCH3 is 1. The van der Waals surface area contributed by atoms with Crippen LogP contribution in [0.1, 0.15) is 25.0 Å². The zero-order valence-corrected chi connectivity index (χ0v) is 14.5. The van der Waals surface area contributed by atoms with Gasteiger partial charge in [-0.1, -0.05) is 17.7 Å². The monoisotopic (exact) mass is 325 g/mol. The summed E-state index contributed by atoms with van der Waals surface area (Å²) in [5, 5.41) is 7.31. The number of nitrogens with one attached hydrogen (secondary N) is 2. The first-order valence-electron chi connectivity index (χ1n) is 7.81. The fourth-order valence-corrected chi connectivity index (χ4v) is 2.10. The average Bonchev–Trinajstić information content (AvgIpc) is 2.61. The lowest BCUT2D eigenvalue weighted by Gasteiger charge is -2.14. The van der Waals surface area contributed by atoms with Crippen molar-refractivity contribution in [2.45, 2.75) is 26.8 Å². The highest BCUT2D eigenvalue weighted by Crippen LogP contribution is 2.12. The summed E-state index contributed by atoms with van der Waals surface area (Å²) in [6, 6.07) is 15.0. The van der Waals surface area contributed by atoms with Crippen molar-refractivity contribution in [3.63, 3.8) is 0 Å². The Labute approximate surface area is 142 Å². The highest BCUT2D eigenvalue weighted by Gasteiger charge is 2.12. The third-order valence-electron chi connectivity index (χ3n) is 3.67. The number of benzene rings is 2. The molecule has 0 unspecified atom stereocenters. The Hall–Kier alpha value is -2.82. The maximum absolute atomic E-state index is 12.1. The Morgan fingerprint density at radius 1 is 1.08 bits per heavy atom. The van der Waals surface area contributed by atoms with Crippen LogP contribution in [-0.4, -0.2) is 24.8 Å². The van der Waals surface area contributed by atoms with E-state index in [0.717, 1.165) is 22.7 Å². The van der Waals surface area contributed by atoms with Gasteiger partial charge in [-0.05, 0) is 62.7 Å². The van der Waals surface area contributed by atoms with Crippen molar-refractivity contribution < 1.29 is 9.53 Å². The second-order valence-corrected chi connectivity index (χ2v) is 5.63. The Bertz CT molecular complexity index is 706.